The predicted molar refractivity (Wildman–Crippen MR) is 66.8 cm³/mol. The minimum Gasteiger partial charge on any atom is -0.300 e. The molecule has 0 saturated carbocycles. The zero-order valence-corrected chi connectivity index (χ0v) is 11.4. The van der Waals surface area contributed by atoms with Crippen LogP contribution in [0, 0.1) is 26.1 Å². The summed E-state index contributed by atoms with van der Waals surface area (Å²) in [6.45, 7) is 5.18. The lowest BCUT2D eigenvalue weighted by atomic mass is 9.95. The minimum absolute atomic E-state index is 0.0854. The molecule has 0 aromatic heterocycles. The summed E-state index contributed by atoms with van der Waals surface area (Å²) >= 11 is 0. The fourth-order valence-corrected chi connectivity index (χ4v) is 2.21. The number of Topliss-reactive ketones (excluding diaryl/α,β-unsaturated/α-hetero) is 1. The normalized spacial score (nSPS) is 19.8. The van der Waals surface area contributed by atoms with Crippen LogP contribution in [-0.2, 0) is 4.79 Å². The van der Waals surface area contributed by atoms with E-state index in [1.807, 2.05) is 13.8 Å². The van der Waals surface area contributed by atoms with Gasteiger partial charge < -0.3 is 0 Å². The fraction of sp³-hybridized carbons (Fsp3) is 0.909. The van der Waals surface area contributed by atoms with Crippen molar-refractivity contribution in [1.82, 2.24) is 4.90 Å². The lowest BCUT2D eigenvalue weighted by Crippen LogP contribution is -2.71. The van der Waals surface area contributed by atoms with E-state index >= 15 is 0 Å². The first-order chi connectivity index (χ1) is 8.69. The van der Waals surface area contributed by atoms with E-state index in [9.17, 15) is 25.0 Å². The summed E-state index contributed by atoms with van der Waals surface area (Å²) in [7, 11) is 0. The Morgan fingerprint density at radius 3 is 2.00 bits per heavy atom. The van der Waals surface area contributed by atoms with E-state index in [4.69, 9.17) is 0 Å². The number of nitrogens with zero attached hydrogens (tertiary/aromatic N) is 3. The summed E-state index contributed by atoms with van der Waals surface area (Å²) in [5, 5.41) is 21.5. The van der Waals surface area contributed by atoms with Gasteiger partial charge in [-0.25, -0.2) is 0 Å². The number of ketones is 1. The maximum atomic E-state index is 11.6. The van der Waals surface area contributed by atoms with Crippen molar-refractivity contribution in [3.8, 4) is 0 Å². The lowest BCUT2D eigenvalue weighted by molar-refractivity contribution is -0.811. The van der Waals surface area contributed by atoms with E-state index in [0.717, 1.165) is 0 Å². The molecule has 1 unspecified atom stereocenters. The topological polar surface area (TPSA) is 107 Å². The maximum Gasteiger partial charge on any atom is 0.482 e. The molecule has 0 radical (unpaired) electrons. The van der Waals surface area contributed by atoms with Crippen LogP contribution < -0.4 is 0 Å². The third kappa shape index (κ3) is 3.25. The molecule has 8 nitrogen and oxygen atoms in total. The minimum atomic E-state index is -2.09. The summed E-state index contributed by atoms with van der Waals surface area (Å²) in [4.78, 5) is 33.1. The third-order valence-corrected chi connectivity index (χ3v) is 3.37. The average Bonchev–Trinajstić information content (AvgIpc) is 2.11. The van der Waals surface area contributed by atoms with Gasteiger partial charge in [0.2, 0.25) is 0 Å². The quantitative estimate of drug-likeness (QED) is 0.388. The SMILES string of the molecule is CC(C)CC(=O)CC(C)N1CC([N+](=O)[O-])([N+](=O)[O-])C1. The Morgan fingerprint density at radius 1 is 1.16 bits per heavy atom. The number of likely N-dealkylation sites (tertiary alicyclic amines) is 1. The molecule has 0 aliphatic carbocycles. The highest BCUT2D eigenvalue weighted by Crippen LogP contribution is 2.28. The lowest BCUT2D eigenvalue weighted by Gasteiger charge is -2.39. The maximum absolute atomic E-state index is 11.6. The van der Waals surface area contributed by atoms with Crippen LogP contribution in [0.3, 0.4) is 0 Å². The Hall–Kier alpha value is -1.57. The van der Waals surface area contributed by atoms with Crippen molar-refractivity contribution < 1.29 is 14.6 Å². The Morgan fingerprint density at radius 2 is 1.63 bits per heavy atom. The third-order valence-electron chi connectivity index (χ3n) is 3.37. The largest absolute Gasteiger partial charge is 0.482 e. The number of carbonyl (C=O) groups excluding carboxylic acids is 1. The first-order valence-electron chi connectivity index (χ1n) is 6.24. The van der Waals surface area contributed by atoms with Crippen LogP contribution in [0.4, 0.5) is 0 Å². The van der Waals surface area contributed by atoms with Crippen molar-refractivity contribution in [3.63, 3.8) is 0 Å². The summed E-state index contributed by atoms with van der Waals surface area (Å²) < 4.78 is 0. The second kappa shape index (κ2) is 5.60. The molecule has 0 spiro atoms. The molecule has 1 atom stereocenters. The van der Waals surface area contributed by atoms with Crippen molar-refractivity contribution in [2.24, 2.45) is 5.92 Å². The molecule has 108 valence electrons. The number of nitro groups is 2. The van der Waals surface area contributed by atoms with Gasteiger partial charge >= 0.3 is 5.66 Å². The fourth-order valence-electron chi connectivity index (χ4n) is 2.21. The van der Waals surface area contributed by atoms with E-state index < -0.39 is 15.5 Å². The first kappa shape index (κ1) is 15.5. The molecule has 1 heterocycles. The van der Waals surface area contributed by atoms with Gasteiger partial charge in [0.1, 0.15) is 28.7 Å². The first-order valence-corrected chi connectivity index (χ1v) is 6.24. The number of hydrogen-bond donors (Lipinski definition) is 0. The van der Waals surface area contributed by atoms with Gasteiger partial charge in [0.15, 0.2) is 0 Å². The van der Waals surface area contributed by atoms with Crippen LogP contribution in [-0.4, -0.2) is 45.3 Å². The van der Waals surface area contributed by atoms with Crippen molar-refractivity contribution in [1.29, 1.82) is 0 Å². The Balaban J connectivity index is 2.51. The summed E-state index contributed by atoms with van der Waals surface area (Å²) in [5.74, 6) is 0.356. The summed E-state index contributed by atoms with van der Waals surface area (Å²) in [6, 6.07) is -0.195. The van der Waals surface area contributed by atoms with Crippen LogP contribution >= 0.6 is 0 Å². The van der Waals surface area contributed by atoms with Crippen LogP contribution in [0.2, 0.25) is 0 Å². The number of rotatable bonds is 7. The highest BCUT2D eigenvalue weighted by atomic mass is 16.7. The molecule has 0 bridgehead atoms. The van der Waals surface area contributed by atoms with Crippen molar-refractivity contribution in [2.75, 3.05) is 13.1 Å². The zero-order chi connectivity index (χ0) is 14.8. The second-order valence-corrected chi connectivity index (χ2v) is 5.59. The van der Waals surface area contributed by atoms with Gasteiger partial charge in [0.05, 0.1) is 0 Å². The molecule has 1 aliphatic heterocycles. The van der Waals surface area contributed by atoms with Crippen molar-refractivity contribution >= 4 is 5.78 Å². The van der Waals surface area contributed by atoms with Gasteiger partial charge in [0, 0.05) is 18.9 Å². The molecule has 19 heavy (non-hydrogen) atoms. The number of hydrogen-bond acceptors (Lipinski definition) is 6. The molecule has 0 N–H and O–H groups in total. The van der Waals surface area contributed by atoms with Gasteiger partial charge in [0.25, 0.3) is 0 Å². The summed E-state index contributed by atoms with van der Waals surface area (Å²) in [5.41, 5.74) is -2.09. The van der Waals surface area contributed by atoms with E-state index in [0.29, 0.717) is 6.42 Å². The monoisotopic (exact) mass is 273 g/mol. The van der Waals surface area contributed by atoms with E-state index in [1.54, 1.807) is 11.8 Å². The van der Waals surface area contributed by atoms with Gasteiger partial charge in [-0.1, -0.05) is 13.8 Å². The molecular formula is C11H19N3O5. The summed E-state index contributed by atoms with van der Waals surface area (Å²) in [6.07, 6.45) is 0.748. The highest BCUT2D eigenvalue weighted by molar-refractivity contribution is 5.79. The number of carbonyl (C=O) groups is 1. The standard InChI is InChI=1S/C11H19N3O5/c1-8(2)4-10(15)5-9(3)12-6-11(7-12,13(16)17)14(18)19/h8-9H,4-7H2,1-3H3. The van der Waals surface area contributed by atoms with Crippen molar-refractivity contribution in [2.45, 2.75) is 45.3 Å². The molecule has 0 aromatic carbocycles. The van der Waals surface area contributed by atoms with Crippen LogP contribution in [0.5, 0.6) is 0 Å². The Labute approximate surface area is 111 Å². The van der Waals surface area contributed by atoms with Crippen LogP contribution in [0.15, 0.2) is 0 Å². The van der Waals surface area contributed by atoms with Crippen molar-refractivity contribution in [3.05, 3.63) is 20.2 Å². The predicted octanol–water partition coefficient (Wildman–Crippen LogP) is 0.946. The van der Waals surface area contributed by atoms with Gasteiger partial charge in [-0.15, -0.1) is 0 Å². The smallest absolute Gasteiger partial charge is 0.300 e. The zero-order valence-electron chi connectivity index (χ0n) is 11.4. The molecule has 0 aromatic rings. The molecule has 1 fully saturated rings. The molecule has 1 aliphatic rings. The Kier molecular flexibility index (Phi) is 4.56. The van der Waals surface area contributed by atoms with Crippen LogP contribution in [0.25, 0.3) is 0 Å². The van der Waals surface area contributed by atoms with E-state index in [1.165, 1.54) is 0 Å². The van der Waals surface area contributed by atoms with Crippen LogP contribution in [0.1, 0.15) is 33.6 Å². The second-order valence-electron chi connectivity index (χ2n) is 5.59. The van der Waals surface area contributed by atoms with Gasteiger partial charge in [-0.2, -0.15) is 0 Å². The molecule has 8 heteroatoms. The van der Waals surface area contributed by atoms with E-state index in [-0.39, 0.29) is 37.3 Å². The molecule has 1 rings (SSSR count). The van der Waals surface area contributed by atoms with E-state index in [2.05, 4.69) is 0 Å². The Bertz CT molecular complexity index is 374. The highest BCUT2D eigenvalue weighted by Gasteiger charge is 2.66. The molecule has 1 saturated heterocycles. The molecule has 0 amide bonds. The van der Waals surface area contributed by atoms with Gasteiger partial charge in [-0.05, 0) is 12.8 Å². The average molecular weight is 273 g/mol. The molecular weight excluding hydrogens is 254 g/mol. The van der Waals surface area contributed by atoms with Gasteiger partial charge in [-0.3, -0.25) is 29.9 Å².